The number of nitrogens with one attached hydrogen (secondary N) is 1. The lowest BCUT2D eigenvalue weighted by molar-refractivity contribution is -0.113. The van der Waals surface area contributed by atoms with Gasteiger partial charge in [0.2, 0.25) is 5.91 Å². The standard InChI is InChI=1S/C12H17NO2S/c1-2-10-4-3-5-11(8-10)13-12(15)9-16-7-6-14/h3-5,8,14H,2,6-7,9H2,1H3,(H,13,15). The van der Waals surface area contributed by atoms with Crippen LogP contribution < -0.4 is 5.32 Å². The smallest absolute Gasteiger partial charge is 0.234 e. The minimum Gasteiger partial charge on any atom is -0.396 e. The number of aryl methyl sites for hydroxylation is 1. The fraction of sp³-hybridized carbons (Fsp3) is 0.417. The largest absolute Gasteiger partial charge is 0.396 e. The zero-order valence-electron chi connectivity index (χ0n) is 9.40. The Morgan fingerprint density at radius 1 is 1.50 bits per heavy atom. The van der Waals surface area contributed by atoms with E-state index in [4.69, 9.17) is 5.11 Å². The third kappa shape index (κ3) is 4.68. The molecule has 1 amide bonds. The van der Waals surface area contributed by atoms with Crippen molar-refractivity contribution in [2.75, 3.05) is 23.4 Å². The summed E-state index contributed by atoms with van der Waals surface area (Å²) in [6.45, 7) is 2.20. The minimum absolute atomic E-state index is 0.0216. The summed E-state index contributed by atoms with van der Waals surface area (Å²) >= 11 is 1.43. The summed E-state index contributed by atoms with van der Waals surface area (Å²) < 4.78 is 0. The molecule has 0 spiro atoms. The van der Waals surface area contributed by atoms with Crippen LogP contribution in [-0.4, -0.2) is 29.1 Å². The van der Waals surface area contributed by atoms with Gasteiger partial charge in [0, 0.05) is 11.4 Å². The number of rotatable bonds is 6. The molecule has 1 rings (SSSR count). The van der Waals surface area contributed by atoms with Crippen LogP contribution in [-0.2, 0) is 11.2 Å². The van der Waals surface area contributed by atoms with Gasteiger partial charge in [0.05, 0.1) is 12.4 Å². The second-order valence-corrected chi connectivity index (χ2v) is 4.48. The molecule has 0 radical (unpaired) electrons. The lowest BCUT2D eigenvalue weighted by Gasteiger charge is -2.06. The molecule has 0 aliphatic rings. The number of carbonyl (C=O) groups is 1. The molecule has 88 valence electrons. The third-order valence-corrected chi connectivity index (χ3v) is 3.03. The van der Waals surface area contributed by atoms with Crippen molar-refractivity contribution in [1.29, 1.82) is 0 Å². The fourth-order valence-corrected chi connectivity index (χ4v) is 1.83. The van der Waals surface area contributed by atoms with Crippen LogP contribution in [0.1, 0.15) is 12.5 Å². The van der Waals surface area contributed by atoms with Gasteiger partial charge in [-0.05, 0) is 24.1 Å². The van der Waals surface area contributed by atoms with E-state index in [1.54, 1.807) is 0 Å². The lowest BCUT2D eigenvalue weighted by Crippen LogP contribution is -2.14. The number of hydrogen-bond acceptors (Lipinski definition) is 3. The van der Waals surface area contributed by atoms with E-state index in [1.165, 1.54) is 17.3 Å². The van der Waals surface area contributed by atoms with Crippen LogP contribution in [0, 0.1) is 0 Å². The van der Waals surface area contributed by atoms with Crippen LogP contribution in [0.15, 0.2) is 24.3 Å². The Kier molecular flexibility index (Phi) is 5.96. The van der Waals surface area contributed by atoms with E-state index in [2.05, 4.69) is 12.2 Å². The zero-order chi connectivity index (χ0) is 11.8. The molecule has 4 heteroatoms. The molecule has 0 aliphatic carbocycles. The molecule has 0 saturated heterocycles. The summed E-state index contributed by atoms with van der Waals surface area (Å²) in [5.74, 6) is 0.964. The van der Waals surface area contributed by atoms with Gasteiger partial charge in [0.25, 0.3) is 0 Å². The summed E-state index contributed by atoms with van der Waals surface area (Å²) in [4.78, 5) is 11.5. The number of thioether (sulfide) groups is 1. The van der Waals surface area contributed by atoms with Crippen molar-refractivity contribution in [3.05, 3.63) is 29.8 Å². The number of anilines is 1. The summed E-state index contributed by atoms with van der Waals surface area (Å²) in [7, 11) is 0. The number of hydrogen-bond donors (Lipinski definition) is 2. The van der Waals surface area contributed by atoms with Gasteiger partial charge in [-0.2, -0.15) is 0 Å². The van der Waals surface area contributed by atoms with E-state index in [9.17, 15) is 4.79 Å². The van der Waals surface area contributed by atoms with E-state index in [1.807, 2.05) is 24.3 Å². The van der Waals surface area contributed by atoms with Gasteiger partial charge >= 0.3 is 0 Å². The Hall–Kier alpha value is -1.00. The lowest BCUT2D eigenvalue weighted by atomic mass is 10.1. The summed E-state index contributed by atoms with van der Waals surface area (Å²) in [5, 5.41) is 11.4. The maximum absolute atomic E-state index is 11.5. The first kappa shape index (κ1) is 13.1. The predicted molar refractivity (Wildman–Crippen MR) is 68.9 cm³/mol. The Balaban J connectivity index is 2.43. The first-order chi connectivity index (χ1) is 7.76. The van der Waals surface area contributed by atoms with Crippen LogP contribution in [0.5, 0.6) is 0 Å². The fourth-order valence-electron chi connectivity index (χ4n) is 1.30. The Morgan fingerprint density at radius 2 is 2.31 bits per heavy atom. The van der Waals surface area contributed by atoms with Crippen LogP contribution in [0.3, 0.4) is 0 Å². The zero-order valence-corrected chi connectivity index (χ0v) is 10.2. The molecule has 0 aromatic heterocycles. The molecule has 0 atom stereocenters. The Bertz CT molecular complexity index is 342. The molecule has 1 aromatic carbocycles. The highest BCUT2D eigenvalue weighted by atomic mass is 32.2. The first-order valence-corrected chi connectivity index (χ1v) is 6.49. The highest BCUT2D eigenvalue weighted by molar-refractivity contribution is 7.99. The summed E-state index contributed by atoms with van der Waals surface area (Å²) in [5.41, 5.74) is 2.05. The number of benzene rings is 1. The molecule has 0 unspecified atom stereocenters. The van der Waals surface area contributed by atoms with Gasteiger partial charge < -0.3 is 10.4 Å². The van der Waals surface area contributed by atoms with Gasteiger partial charge in [-0.3, -0.25) is 4.79 Å². The van der Waals surface area contributed by atoms with E-state index in [-0.39, 0.29) is 12.5 Å². The molecular formula is C12H17NO2S. The highest BCUT2D eigenvalue weighted by Gasteiger charge is 2.02. The normalized spacial score (nSPS) is 10.1. The predicted octanol–water partition coefficient (Wildman–Crippen LogP) is 1.91. The maximum atomic E-state index is 11.5. The van der Waals surface area contributed by atoms with Gasteiger partial charge in [0.1, 0.15) is 0 Å². The number of amides is 1. The summed E-state index contributed by atoms with van der Waals surface area (Å²) in [6, 6.07) is 7.84. The molecule has 16 heavy (non-hydrogen) atoms. The Labute approximate surface area is 100 Å². The second-order valence-electron chi connectivity index (χ2n) is 3.38. The topological polar surface area (TPSA) is 49.3 Å². The minimum atomic E-state index is -0.0216. The molecule has 0 saturated carbocycles. The van der Waals surface area contributed by atoms with Crippen LogP contribution in [0.25, 0.3) is 0 Å². The van der Waals surface area contributed by atoms with Gasteiger partial charge in [0.15, 0.2) is 0 Å². The molecule has 3 nitrogen and oxygen atoms in total. The molecule has 0 fully saturated rings. The molecule has 0 bridgehead atoms. The molecular weight excluding hydrogens is 222 g/mol. The molecule has 0 aliphatic heterocycles. The van der Waals surface area contributed by atoms with Crippen molar-refractivity contribution in [3.8, 4) is 0 Å². The van der Waals surface area contributed by atoms with Crippen LogP contribution >= 0.6 is 11.8 Å². The maximum Gasteiger partial charge on any atom is 0.234 e. The summed E-state index contributed by atoms with van der Waals surface area (Å²) in [6.07, 6.45) is 0.961. The average Bonchev–Trinajstić information content (AvgIpc) is 2.29. The molecule has 1 aromatic rings. The second kappa shape index (κ2) is 7.30. The van der Waals surface area contributed by atoms with Gasteiger partial charge in [-0.15, -0.1) is 11.8 Å². The third-order valence-electron chi connectivity index (χ3n) is 2.09. The Morgan fingerprint density at radius 3 is 3.00 bits per heavy atom. The van der Waals surface area contributed by atoms with E-state index >= 15 is 0 Å². The quantitative estimate of drug-likeness (QED) is 0.746. The van der Waals surface area contributed by atoms with Crippen LogP contribution in [0.2, 0.25) is 0 Å². The number of carbonyl (C=O) groups excluding carboxylic acids is 1. The van der Waals surface area contributed by atoms with Crippen molar-refractivity contribution in [1.82, 2.24) is 0 Å². The van der Waals surface area contributed by atoms with Crippen molar-refractivity contribution in [2.24, 2.45) is 0 Å². The highest BCUT2D eigenvalue weighted by Crippen LogP contribution is 2.11. The van der Waals surface area contributed by atoms with E-state index in [0.29, 0.717) is 11.5 Å². The first-order valence-electron chi connectivity index (χ1n) is 5.33. The van der Waals surface area contributed by atoms with Crippen molar-refractivity contribution in [2.45, 2.75) is 13.3 Å². The average molecular weight is 239 g/mol. The SMILES string of the molecule is CCc1cccc(NC(=O)CSCCO)c1. The molecule has 2 N–H and O–H groups in total. The number of aliphatic hydroxyl groups excluding tert-OH is 1. The van der Waals surface area contributed by atoms with Crippen molar-refractivity contribution < 1.29 is 9.90 Å². The van der Waals surface area contributed by atoms with Gasteiger partial charge in [-0.25, -0.2) is 0 Å². The van der Waals surface area contributed by atoms with Gasteiger partial charge in [-0.1, -0.05) is 19.1 Å². The number of aliphatic hydroxyl groups is 1. The van der Waals surface area contributed by atoms with E-state index < -0.39 is 0 Å². The van der Waals surface area contributed by atoms with Crippen LogP contribution in [0.4, 0.5) is 5.69 Å². The molecule has 0 heterocycles. The monoisotopic (exact) mass is 239 g/mol. The van der Waals surface area contributed by atoms with E-state index in [0.717, 1.165) is 12.1 Å². The van der Waals surface area contributed by atoms with Crippen molar-refractivity contribution in [3.63, 3.8) is 0 Å². The van der Waals surface area contributed by atoms with Crippen molar-refractivity contribution >= 4 is 23.4 Å².